The van der Waals surface area contributed by atoms with Crippen LogP contribution in [-0.2, 0) is 21.6 Å². The summed E-state index contributed by atoms with van der Waals surface area (Å²) in [6.07, 6.45) is -1.23. The number of anilines is 4. The summed E-state index contributed by atoms with van der Waals surface area (Å²) in [4.78, 5) is 24.2. The first-order chi connectivity index (χ1) is 28.6. The Morgan fingerprint density at radius 3 is 2.47 bits per heavy atom. The number of ether oxygens (including phenoxy) is 3. The molecule has 4 aromatic carbocycles. The lowest BCUT2D eigenvalue weighted by Gasteiger charge is -2.26. The molecule has 1 aromatic heterocycles. The summed E-state index contributed by atoms with van der Waals surface area (Å²) in [5.41, 5.74) is 1.48. The van der Waals surface area contributed by atoms with E-state index < -0.39 is 24.9 Å². The molecule has 5 aromatic rings. The van der Waals surface area contributed by atoms with Gasteiger partial charge >= 0.3 is 12.2 Å². The van der Waals surface area contributed by atoms with Gasteiger partial charge in [0.15, 0.2) is 0 Å². The maximum atomic E-state index is 13.9. The molecule has 1 fully saturated rings. The number of hydrogen-bond donors (Lipinski definition) is 5. The lowest BCUT2D eigenvalue weighted by Crippen LogP contribution is -2.38. The molecule has 2 heterocycles. The molecule has 0 aliphatic carbocycles. The first-order valence-corrected chi connectivity index (χ1v) is 22.1. The Kier molecular flexibility index (Phi) is 14.1. The van der Waals surface area contributed by atoms with E-state index in [2.05, 4.69) is 36.1 Å². The van der Waals surface area contributed by atoms with E-state index in [0.717, 1.165) is 30.8 Å². The summed E-state index contributed by atoms with van der Waals surface area (Å²) >= 11 is 0. The molecular formula is C43H48F3N8O5P. The van der Waals surface area contributed by atoms with Gasteiger partial charge in [-0.2, -0.15) is 18.2 Å². The molecule has 0 saturated carbocycles. The molecule has 1 aliphatic heterocycles. The van der Waals surface area contributed by atoms with Crippen molar-refractivity contribution in [3.8, 4) is 17.4 Å². The van der Waals surface area contributed by atoms with E-state index in [-0.39, 0.29) is 41.6 Å². The molecule has 0 atom stereocenters. The highest BCUT2D eigenvalue weighted by molar-refractivity contribution is 7.61. The van der Waals surface area contributed by atoms with E-state index in [4.69, 9.17) is 19.6 Å². The van der Waals surface area contributed by atoms with Crippen molar-refractivity contribution in [3.63, 3.8) is 0 Å². The number of carbonyl (C=O) groups excluding carboxylic acids is 1. The van der Waals surface area contributed by atoms with Crippen LogP contribution in [0.1, 0.15) is 25.0 Å². The number of carbonyl (C=O) groups is 1. The number of aromatic nitrogens is 2. The Morgan fingerprint density at radius 1 is 0.967 bits per heavy atom. The third-order valence-electron chi connectivity index (χ3n) is 9.19. The fourth-order valence-corrected chi connectivity index (χ4v) is 7.33. The summed E-state index contributed by atoms with van der Waals surface area (Å²) in [6, 6.07) is 22.3. The zero-order valence-corrected chi connectivity index (χ0v) is 34.6. The van der Waals surface area contributed by atoms with Crippen molar-refractivity contribution in [1.82, 2.24) is 20.2 Å². The molecule has 2 amide bonds. The van der Waals surface area contributed by atoms with E-state index >= 15 is 0 Å². The van der Waals surface area contributed by atoms with Crippen LogP contribution in [0.2, 0.25) is 0 Å². The van der Waals surface area contributed by atoms with E-state index in [1.807, 2.05) is 62.4 Å². The van der Waals surface area contributed by atoms with E-state index in [0.29, 0.717) is 59.5 Å². The lowest BCUT2D eigenvalue weighted by molar-refractivity contribution is -0.137. The maximum absolute atomic E-state index is 13.9. The lowest BCUT2D eigenvalue weighted by atomic mass is 10.1. The molecule has 6 rings (SSSR count). The Bertz CT molecular complexity index is 2400. The molecule has 60 heavy (non-hydrogen) atoms. The Labute approximate surface area is 346 Å². The number of hydrogen-bond acceptors (Lipinski definition) is 11. The van der Waals surface area contributed by atoms with Crippen LogP contribution in [0.25, 0.3) is 10.8 Å². The van der Waals surface area contributed by atoms with Gasteiger partial charge in [0.2, 0.25) is 11.8 Å². The molecule has 0 spiro atoms. The Balaban J connectivity index is 1.16. The minimum atomic E-state index is -4.62. The largest absolute Gasteiger partial charge is 0.492 e. The van der Waals surface area contributed by atoms with Gasteiger partial charge in [-0.15, -0.1) is 0 Å². The summed E-state index contributed by atoms with van der Waals surface area (Å²) < 4.78 is 71.4. The number of alkyl halides is 3. The second-order valence-electron chi connectivity index (χ2n) is 15.0. The van der Waals surface area contributed by atoms with Gasteiger partial charge in [0.25, 0.3) is 0 Å². The van der Waals surface area contributed by atoms with Crippen molar-refractivity contribution in [1.29, 1.82) is 5.41 Å². The highest BCUT2D eigenvalue weighted by Gasteiger charge is 2.32. The smallest absolute Gasteiger partial charge is 0.416 e. The van der Waals surface area contributed by atoms with Crippen molar-refractivity contribution in [2.24, 2.45) is 5.92 Å². The fourth-order valence-electron chi connectivity index (χ4n) is 6.25. The molecule has 17 heteroatoms. The van der Waals surface area contributed by atoms with Gasteiger partial charge in [-0.25, -0.2) is 9.78 Å². The molecule has 316 valence electrons. The number of rotatable bonds is 16. The molecule has 13 nitrogen and oxygen atoms in total. The van der Waals surface area contributed by atoms with Gasteiger partial charge in [0.1, 0.15) is 23.9 Å². The van der Waals surface area contributed by atoms with Crippen molar-refractivity contribution in [3.05, 3.63) is 114 Å². The van der Waals surface area contributed by atoms with Crippen molar-refractivity contribution in [2.45, 2.75) is 26.2 Å². The maximum Gasteiger partial charge on any atom is 0.416 e. The van der Waals surface area contributed by atoms with E-state index in [9.17, 15) is 22.5 Å². The van der Waals surface area contributed by atoms with Gasteiger partial charge < -0.3 is 40.1 Å². The standard InChI is InChI=1S/C43H48F3N8O5P/c1-28(2)36(47)26-39(49-31-9-7-8-29(22-31)27-60(3,4)56)52-42(55)51-37-12-13-38(35-11-6-5-10-34(35)37)59-40-14-15-48-41(53-40)50-32-23-30(43(44,45)46)24-33(25-32)58-21-18-54-16-19-57-20-17-54/h5-15,22-26,28,47,49H,16-21,27H2,1-4H3,(H,48,50,53)(H2,51,52,55)/b39-26+,47-36?. The van der Waals surface area contributed by atoms with Crippen LogP contribution in [0, 0.1) is 11.3 Å². The normalized spacial score (nSPS) is 13.8. The molecule has 1 aliphatic rings. The topological polar surface area (TPSA) is 163 Å². The number of allylic oxidation sites excluding steroid dienone is 1. The molecule has 0 unspecified atom stereocenters. The van der Waals surface area contributed by atoms with Crippen molar-refractivity contribution >= 4 is 52.7 Å². The highest BCUT2D eigenvalue weighted by atomic mass is 31.2. The number of morpholine rings is 1. The second kappa shape index (κ2) is 19.4. The van der Waals surface area contributed by atoms with Crippen LogP contribution >= 0.6 is 7.14 Å². The SMILES string of the molecule is CC(C)C(=N)/C=C(/NC(=O)Nc1ccc(Oc2ccnc(Nc3cc(OCCN4CCOCC4)cc(C(F)(F)F)c3)n2)c2ccccc12)Nc1cccc(CP(C)(C)=O)c1. The van der Waals surface area contributed by atoms with Crippen LogP contribution in [0.3, 0.4) is 0 Å². The van der Waals surface area contributed by atoms with Gasteiger partial charge in [0.05, 0.1) is 31.6 Å². The summed E-state index contributed by atoms with van der Waals surface area (Å²) in [5, 5.41) is 21.5. The third-order valence-corrected chi connectivity index (χ3v) is 10.3. The van der Waals surface area contributed by atoms with Gasteiger partial charge in [-0.3, -0.25) is 10.2 Å². The highest BCUT2D eigenvalue weighted by Crippen LogP contribution is 2.41. The van der Waals surface area contributed by atoms with Gasteiger partial charge in [0, 0.05) is 72.0 Å². The predicted molar refractivity (Wildman–Crippen MR) is 230 cm³/mol. The predicted octanol–water partition coefficient (Wildman–Crippen LogP) is 9.77. The van der Waals surface area contributed by atoms with E-state index in [1.54, 1.807) is 31.5 Å². The number of nitrogens with zero attached hydrogens (tertiary/aromatic N) is 3. The number of amides is 2. The number of nitrogens with one attached hydrogen (secondary N) is 5. The molecular weight excluding hydrogens is 796 g/mol. The first kappa shape index (κ1) is 43.6. The van der Waals surface area contributed by atoms with Crippen molar-refractivity contribution < 1.29 is 36.7 Å². The molecule has 5 N–H and O–H groups in total. The van der Waals surface area contributed by atoms with Gasteiger partial charge in [-0.05, 0) is 67.3 Å². The molecule has 1 saturated heterocycles. The molecule has 0 bridgehead atoms. The number of halogens is 3. The summed E-state index contributed by atoms with van der Waals surface area (Å²) in [6.45, 7) is 10.6. The third kappa shape index (κ3) is 12.8. The average molecular weight is 845 g/mol. The van der Waals surface area contributed by atoms with Crippen LogP contribution in [-0.4, -0.2) is 79.4 Å². The first-order valence-electron chi connectivity index (χ1n) is 19.3. The second-order valence-corrected chi connectivity index (χ2v) is 18.4. The average Bonchev–Trinajstić information content (AvgIpc) is 3.18. The zero-order chi connectivity index (χ0) is 42.9. The van der Waals surface area contributed by atoms with Crippen LogP contribution < -0.4 is 30.7 Å². The van der Waals surface area contributed by atoms with Gasteiger partial charge in [-0.1, -0.05) is 50.2 Å². The number of benzene rings is 4. The minimum Gasteiger partial charge on any atom is -0.492 e. The number of urea groups is 1. The van der Waals surface area contributed by atoms with Crippen LogP contribution in [0.5, 0.6) is 17.4 Å². The Hall–Kier alpha value is -5.96. The summed E-state index contributed by atoms with van der Waals surface area (Å²) in [5.74, 6) is 0.722. The summed E-state index contributed by atoms with van der Waals surface area (Å²) in [7, 11) is -2.33. The minimum absolute atomic E-state index is 0.00387. The monoisotopic (exact) mass is 844 g/mol. The van der Waals surface area contributed by atoms with E-state index in [1.165, 1.54) is 18.3 Å². The Morgan fingerprint density at radius 2 is 1.73 bits per heavy atom. The zero-order valence-electron chi connectivity index (χ0n) is 33.7. The van der Waals surface area contributed by atoms with Crippen LogP contribution in [0.15, 0.2) is 103 Å². The quantitative estimate of drug-likeness (QED) is 0.0478. The number of fused-ring (bicyclic) bond motifs is 1. The van der Waals surface area contributed by atoms with Crippen LogP contribution in [0.4, 0.5) is 41.0 Å². The van der Waals surface area contributed by atoms with Crippen molar-refractivity contribution in [2.75, 3.05) is 68.7 Å². The molecule has 0 radical (unpaired) electrons. The fraction of sp³-hybridized carbons (Fsp3) is 0.302.